The van der Waals surface area contributed by atoms with Crippen LogP contribution in [-0.4, -0.2) is 29.7 Å². The van der Waals surface area contributed by atoms with Gasteiger partial charge in [0.05, 0.1) is 17.6 Å². The minimum Gasteiger partial charge on any atom is -0.458 e. The number of hydrogen-bond donors (Lipinski definition) is 0. The first kappa shape index (κ1) is 19.2. The van der Waals surface area contributed by atoms with E-state index in [1.54, 1.807) is 11.1 Å². The van der Waals surface area contributed by atoms with Crippen molar-refractivity contribution in [2.75, 3.05) is 0 Å². The topological polar surface area (TPSA) is 35.5 Å². The van der Waals surface area contributed by atoms with Crippen LogP contribution in [0.1, 0.15) is 33.1 Å². The first-order valence-electron chi connectivity index (χ1n) is 7.32. The molecular formula is C17H22BrClO3. The normalized spacial score (nSPS) is 28.1. The summed E-state index contributed by atoms with van der Waals surface area (Å²) in [5.74, 6) is -0.334. The number of halogens is 2. The molecule has 3 nitrogen and oxygen atoms in total. The van der Waals surface area contributed by atoms with Gasteiger partial charge in [-0.2, -0.15) is 0 Å². The molecule has 0 bridgehead atoms. The molecule has 0 aliphatic carbocycles. The summed E-state index contributed by atoms with van der Waals surface area (Å²) in [5.41, 5.74) is 2.89. The Morgan fingerprint density at radius 1 is 1.55 bits per heavy atom. The minimum absolute atomic E-state index is 0.0125. The maximum absolute atomic E-state index is 11.2. The van der Waals surface area contributed by atoms with Crippen LogP contribution in [0.2, 0.25) is 0 Å². The minimum atomic E-state index is -0.410. The Labute approximate surface area is 145 Å². The summed E-state index contributed by atoms with van der Waals surface area (Å²) < 4.78 is 11.4. The predicted molar refractivity (Wildman–Crippen MR) is 93.2 cm³/mol. The smallest absolute Gasteiger partial charge is 0.303 e. The van der Waals surface area contributed by atoms with Gasteiger partial charge in [-0.15, -0.1) is 17.3 Å². The molecule has 122 valence electrons. The Morgan fingerprint density at radius 2 is 2.27 bits per heavy atom. The standard InChI is InChI=1S/C17H22BrClO3/c1-3-7-14-8-4-5-10-16(19)17(22-14)12-15(9-6-11-18)21-13(2)20/h3-5,7,9,11,14-17H,8,10,12H2,1-2H3/b5-4-,7-3+/t6?,14-,15+,16+,17+/m1/s1. The van der Waals surface area contributed by atoms with E-state index in [-0.39, 0.29) is 23.6 Å². The SMILES string of the molecule is C/C=C/[C@@H]1C/C=C\C[C@H](Cl)[C@H](C[C@H](C=C=CBr)OC(C)=O)O1. The average Bonchev–Trinajstić information content (AvgIpc) is 2.45. The van der Waals surface area contributed by atoms with Crippen molar-refractivity contribution < 1.29 is 14.3 Å². The van der Waals surface area contributed by atoms with Crippen molar-refractivity contribution in [3.8, 4) is 0 Å². The highest BCUT2D eigenvalue weighted by atomic mass is 79.9. The van der Waals surface area contributed by atoms with E-state index < -0.39 is 6.10 Å². The van der Waals surface area contributed by atoms with Crippen molar-refractivity contribution in [2.45, 2.75) is 56.8 Å². The van der Waals surface area contributed by atoms with Gasteiger partial charge >= 0.3 is 5.97 Å². The number of carbonyl (C=O) groups excluding carboxylic acids is 1. The first-order valence-corrected chi connectivity index (χ1v) is 8.67. The van der Waals surface area contributed by atoms with Crippen LogP contribution in [0.25, 0.3) is 0 Å². The third-order valence-electron chi connectivity index (χ3n) is 3.18. The van der Waals surface area contributed by atoms with Crippen LogP contribution in [0.3, 0.4) is 0 Å². The average molecular weight is 390 g/mol. The van der Waals surface area contributed by atoms with E-state index >= 15 is 0 Å². The largest absolute Gasteiger partial charge is 0.458 e. The summed E-state index contributed by atoms with van der Waals surface area (Å²) in [7, 11) is 0. The van der Waals surface area contributed by atoms with Crippen LogP contribution in [0.4, 0.5) is 0 Å². The van der Waals surface area contributed by atoms with Gasteiger partial charge < -0.3 is 9.47 Å². The molecule has 0 spiro atoms. The molecule has 0 saturated carbocycles. The molecule has 0 saturated heterocycles. The van der Waals surface area contributed by atoms with Gasteiger partial charge in [-0.3, -0.25) is 4.79 Å². The highest BCUT2D eigenvalue weighted by Gasteiger charge is 2.27. The zero-order valence-electron chi connectivity index (χ0n) is 12.9. The quantitative estimate of drug-likeness (QED) is 0.297. The van der Waals surface area contributed by atoms with Gasteiger partial charge in [0.15, 0.2) is 0 Å². The van der Waals surface area contributed by atoms with Gasteiger partial charge in [0.1, 0.15) is 6.10 Å². The Bertz CT molecular complexity index is 467. The van der Waals surface area contributed by atoms with E-state index in [9.17, 15) is 4.79 Å². The van der Waals surface area contributed by atoms with Gasteiger partial charge in [-0.05, 0) is 25.8 Å². The molecule has 1 rings (SSSR count). The molecule has 0 aromatic heterocycles. The maximum atomic E-state index is 11.2. The Balaban J connectivity index is 2.84. The lowest BCUT2D eigenvalue weighted by Crippen LogP contribution is -2.34. The number of carbonyl (C=O) groups is 1. The lowest BCUT2D eigenvalue weighted by molar-refractivity contribution is -0.145. The Hall–Kier alpha value is -0.800. The lowest BCUT2D eigenvalue weighted by Gasteiger charge is -2.29. The molecule has 0 fully saturated rings. The van der Waals surface area contributed by atoms with Gasteiger partial charge in [-0.25, -0.2) is 0 Å². The summed E-state index contributed by atoms with van der Waals surface area (Å²) in [6, 6.07) is 0. The molecule has 0 radical (unpaired) electrons. The molecule has 0 amide bonds. The Kier molecular flexibility index (Phi) is 9.49. The number of alkyl halides is 1. The third kappa shape index (κ3) is 7.46. The monoisotopic (exact) mass is 388 g/mol. The molecule has 0 unspecified atom stereocenters. The van der Waals surface area contributed by atoms with Crippen molar-refractivity contribution >= 4 is 33.5 Å². The molecule has 5 heteroatoms. The van der Waals surface area contributed by atoms with Crippen LogP contribution in [-0.2, 0) is 14.3 Å². The fourth-order valence-electron chi connectivity index (χ4n) is 2.25. The van der Waals surface area contributed by atoms with Crippen LogP contribution in [0.15, 0.2) is 41.1 Å². The fourth-order valence-corrected chi connectivity index (χ4v) is 2.67. The van der Waals surface area contributed by atoms with Crippen LogP contribution in [0.5, 0.6) is 0 Å². The third-order valence-corrected chi connectivity index (χ3v) is 3.91. The van der Waals surface area contributed by atoms with E-state index in [1.807, 2.05) is 19.1 Å². The Morgan fingerprint density at radius 3 is 2.91 bits per heavy atom. The second-order valence-electron chi connectivity index (χ2n) is 5.02. The molecule has 1 aliphatic rings. The predicted octanol–water partition coefficient (Wildman–Crippen LogP) is 4.66. The highest BCUT2D eigenvalue weighted by Crippen LogP contribution is 2.24. The van der Waals surface area contributed by atoms with Crippen molar-refractivity contribution in [1.29, 1.82) is 0 Å². The number of allylic oxidation sites excluding steroid dienone is 2. The van der Waals surface area contributed by atoms with Crippen molar-refractivity contribution in [1.82, 2.24) is 0 Å². The van der Waals surface area contributed by atoms with Gasteiger partial charge in [0, 0.05) is 18.3 Å². The fraction of sp³-hybridized carbons (Fsp3) is 0.529. The number of ether oxygens (including phenoxy) is 2. The van der Waals surface area contributed by atoms with E-state index in [0.717, 1.165) is 12.8 Å². The van der Waals surface area contributed by atoms with Gasteiger partial charge in [-0.1, -0.05) is 40.2 Å². The zero-order chi connectivity index (χ0) is 16.4. The van der Waals surface area contributed by atoms with Gasteiger partial charge in [0.2, 0.25) is 0 Å². The molecule has 1 aliphatic heterocycles. The molecule has 0 aromatic carbocycles. The molecule has 1 heterocycles. The van der Waals surface area contributed by atoms with E-state index in [1.165, 1.54) is 6.92 Å². The second-order valence-corrected chi connectivity index (χ2v) is 6.04. The summed E-state index contributed by atoms with van der Waals surface area (Å²) >= 11 is 9.60. The number of esters is 1. The van der Waals surface area contributed by atoms with E-state index in [2.05, 4.69) is 33.8 Å². The van der Waals surface area contributed by atoms with E-state index in [4.69, 9.17) is 21.1 Å². The highest BCUT2D eigenvalue weighted by molar-refractivity contribution is 9.11. The van der Waals surface area contributed by atoms with Crippen molar-refractivity contribution in [2.24, 2.45) is 0 Å². The van der Waals surface area contributed by atoms with E-state index in [0.29, 0.717) is 6.42 Å². The van der Waals surface area contributed by atoms with Crippen molar-refractivity contribution in [3.05, 3.63) is 41.1 Å². The van der Waals surface area contributed by atoms with Crippen LogP contribution in [0, 0.1) is 0 Å². The van der Waals surface area contributed by atoms with Crippen LogP contribution >= 0.6 is 27.5 Å². The van der Waals surface area contributed by atoms with Gasteiger partial charge in [0.25, 0.3) is 0 Å². The number of hydrogen-bond acceptors (Lipinski definition) is 3. The molecule has 0 aromatic rings. The molecule has 22 heavy (non-hydrogen) atoms. The molecule has 4 atom stereocenters. The summed E-state index contributed by atoms with van der Waals surface area (Å²) in [4.78, 5) is 12.8. The number of rotatable bonds is 5. The molecular weight excluding hydrogens is 368 g/mol. The van der Waals surface area contributed by atoms with Crippen molar-refractivity contribution in [3.63, 3.8) is 0 Å². The van der Waals surface area contributed by atoms with Crippen LogP contribution < -0.4 is 0 Å². The molecule has 0 N–H and O–H groups in total. The summed E-state index contributed by atoms with van der Waals surface area (Å²) in [6.45, 7) is 3.35. The lowest BCUT2D eigenvalue weighted by atomic mass is 10.0. The second kappa shape index (κ2) is 10.8. The summed E-state index contributed by atoms with van der Waals surface area (Å²) in [6.07, 6.45) is 11.3. The first-order chi connectivity index (χ1) is 10.6. The summed E-state index contributed by atoms with van der Waals surface area (Å²) in [5, 5.41) is -0.163. The maximum Gasteiger partial charge on any atom is 0.303 e. The zero-order valence-corrected chi connectivity index (χ0v) is 15.2.